The summed E-state index contributed by atoms with van der Waals surface area (Å²) < 4.78 is 14.9. The minimum atomic E-state index is -4.00. The lowest BCUT2D eigenvalue weighted by molar-refractivity contribution is 0.197. The molecule has 1 rings (SSSR count). The summed E-state index contributed by atoms with van der Waals surface area (Å²) in [4.78, 5) is 16.9. The number of hydrogen-bond donors (Lipinski definition) is 2. The SMILES string of the molecule is O=P(O)(O)C1CC=CO1. The van der Waals surface area contributed by atoms with E-state index in [1.54, 1.807) is 6.08 Å². The van der Waals surface area contributed by atoms with Crippen LogP contribution in [0.4, 0.5) is 0 Å². The van der Waals surface area contributed by atoms with Crippen molar-refractivity contribution in [1.82, 2.24) is 0 Å². The summed E-state index contributed by atoms with van der Waals surface area (Å²) in [6.07, 6.45) is 3.21. The topological polar surface area (TPSA) is 66.8 Å². The second kappa shape index (κ2) is 2.14. The third-order valence-corrected chi connectivity index (χ3v) is 2.13. The lowest BCUT2D eigenvalue weighted by Gasteiger charge is -2.10. The second-order valence-electron chi connectivity index (χ2n) is 1.79. The molecule has 4 nitrogen and oxygen atoms in total. The van der Waals surface area contributed by atoms with Gasteiger partial charge < -0.3 is 14.5 Å². The fourth-order valence-electron chi connectivity index (χ4n) is 0.590. The second-order valence-corrected chi connectivity index (χ2v) is 3.54. The molecule has 0 aliphatic carbocycles. The molecule has 9 heavy (non-hydrogen) atoms. The lowest BCUT2D eigenvalue weighted by atomic mass is 10.5. The van der Waals surface area contributed by atoms with Gasteiger partial charge in [-0.3, -0.25) is 4.57 Å². The summed E-state index contributed by atoms with van der Waals surface area (Å²) in [5, 5.41) is 0. The van der Waals surface area contributed by atoms with E-state index >= 15 is 0 Å². The lowest BCUT2D eigenvalue weighted by Crippen LogP contribution is -2.04. The van der Waals surface area contributed by atoms with E-state index in [1.807, 2.05) is 0 Å². The maximum Gasteiger partial charge on any atom is 0.365 e. The number of rotatable bonds is 1. The molecule has 1 atom stereocenters. The molecule has 1 heterocycles. The first-order chi connectivity index (χ1) is 4.11. The van der Waals surface area contributed by atoms with Crippen molar-refractivity contribution < 1.29 is 19.1 Å². The van der Waals surface area contributed by atoms with Gasteiger partial charge in [-0.05, 0) is 6.08 Å². The van der Waals surface area contributed by atoms with Crippen LogP contribution >= 0.6 is 7.60 Å². The Kier molecular flexibility index (Phi) is 1.62. The van der Waals surface area contributed by atoms with Crippen molar-refractivity contribution in [3.63, 3.8) is 0 Å². The van der Waals surface area contributed by atoms with E-state index in [4.69, 9.17) is 9.79 Å². The van der Waals surface area contributed by atoms with Gasteiger partial charge in [0.05, 0.1) is 6.26 Å². The molecule has 0 bridgehead atoms. The van der Waals surface area contributed by atoms with Crippen LogP contribution in [0.25, 0.3) is 0 Å². The molecule has 0 radical (unpaired) electrons. The van der Waals surface area contributed by atoms with Crippen molar-refractivity contribution in [2.45, 2.75) is 12.3 Å². The highest BCUT2D eigenvalue weighted by Gasteiger charge is 2.30. The molecule has 0 saturated heterocycles. The summed E-state index contributed by atoms with van der Waals surface area (Å²) >= 11 is 0. The van der Waals surface area contributed by atoms with Crippen molar-refractivity contribution in [2.75, 3.05) is 0 Å². The summed E-state index contributed by atoms with van der Waals surface area (Å²) in [6.45, 7) is 0. The number of hydrogen-bond acceptors (Lipinski definition) is 2. The molecule has 0 spiro atoms. The zero-order chi connectivity index (χ0) is 6.91. The van der Waals surface area contributed by atoms with E-state index < -0.39 is 13.4 Å². The zero-order valence-electron chi connectivity index (χ0n) is 4.60. The quantitative estimate of drug-likeness (QED) is 0.531. The normalized spacial score (nSPS) is 26.2. The fraction of sp³-hybridized carbons (Fsp3) is 0.500. The first-order valence-corrected chi connectivity index (χ1v) is 4.14. The summed E-state index contributed by atoms with van der Waals surface area (Å²) in [7, 11) is -4.00. The van der Waals surface area contributed by atoms with Gasteiger partial charge in [-0.1, -0.05) is 0 Å². The molecule has 0 aromatic heterocycles. The van der Waals surface area contributed by atoms with Crippen LogP contribution in [-0.4, -0.2) is 15.6 Å². The van der Waals surface area contributed by atoms with E-state index in [0.29, 0.717) is 6.42 Å². The van der Waals surface area contributed by atoms with Gasteiger partial charge >= 0.3 is 7.60 Å². The molecule has 1 aliphatic rings. The van der Waals surface area contributed by atoms with Crippen molar-refractivity contribution in [1.29, 1.82) is 0 Å². The van der Waals surface area contributed by atoms with Gasteiger partial charge in [-0.2, -0.15) is 0 Å². The Bertz CT molecular complexity index is 161. The molecule has 0 fully saturated rings. The Balaban J connectivity index is 2.56. The minimum absolute atomic E-state index is 0.310. The van der Waals surface area contributed by atoms with E-state index in [1.165, 1.54) is 6.26 Å². The minimum Gasteiger partial charge on any atom is -0.485 e. The summed E-state index contributed by atoms with van der Waals surface area (Å²) in [6, 6.07) is 0. The van der Waals surface area contributed by atoms with Crippen LogP contribution in [0.3, 0.4) is 0 Å². The molecule has 2 N–H and O–H groups in total. The van der Waals surface area contributed by atoms with Gasteiger partial charge in [-0.15, -0.1) is 0 Å². The van der Waals surface area contributed by atoms with Gasteiger partial charge in [0.15, 0.2) is 0 Å². The molecule has 0 aromatic carbocycles. The molecule has 0 amide bonds. The van der Waals surface area contributed by atoms with E-state index in [0.717, 1.165) is 0 Å². The molecular weight excluding hydrogens is 143 g/mol. The molecular formula is C4H7O4P. The maximum absolute atomic E-state index is 10.4. The average Bonchev–Trinajstić information content (AvgIpc) is 2.08. The Morgan fingerprint density at radius 2 is 2.33 bits per heavy atom. The average molecular weight is 150 g/mol. The van der Waals surface area contributed by atoms with Gasteiger partial charge in [0.1, 0.15) is 0 Å². The molecule has 5 heteroatoms. The standard InChI is InChI=1S/C4H7O4P/c5-9(6,7)4-2-1-3-8-4/h1,3-4H,2H2,(H2,5,6,7). The van der Waals surface area contributed by atoms with Crippen LogP contribution in [0.1, 0.15) is 6.42 Å². The highest BCUT2D eigenvalue weighted by Crippen LogP contribution is 2.45. The summed E-state index contributed by atoms with van der Waals surface area (Å²) in [5.41, 5.74) is 0. The van der Waals surface area contributed by atoms with Crippen molar-refractivity contribution >= 4 is 7.60 Å². The molecule has 0 aromatic rings. The zero-order valence-corrected chi connectivity index (χ0v) is 5.49. The molecule has 0 saturated carbocycles. The van der Waals surface area contributed by atoms with Crippen LogP contribution < -0.4 is 0 Å². The monoisotopic (exact) mass is 150 g/mol. The molecule has 1 aliphatic heterocycles. The van der Waals surface area contributed by atoms with Gasteiger partial charge in [0, 0.05) is 6.42 Å². The third kappa shape index (κ3) is 1.55. The molecule has 52 valence electrons. The Morgan fingerprint density at radius 1 is 1.67 bits per heavy atom. The Labute approximate surface area is 52.3 Å². The summed E-state index contributed by atoms with van der Waals surface area (Å²) in [5.74, 6) is -0.933. The van der Waals surface area contributed by atoms with Crippen LogP contribution in [-0.2, 0) is 9.30 Å². The predicted molar refractivity (Wildman–Crippen MR) is 30.7 cm³/mol. The maximum atomic E-state index is 10.4. The highest BCUT2D eigenvalue weighted by molar-refractivity contribution is 7.52. The van der Waals surface area contributed by atoms with Crippen LogP contribution in [0.15, 0.2) is 12.3 Å². The van der Waals surface area contributed by atoms with Gasteiger partial charge in [0.25, 0.3) is 0 Å². The van der Waals surface area contributed by atoms with Crippen molar-refractivity contribution in [3.8, 4) is 0 Å². The van der Waals surface area contributed by atoms with Gasteiger partial charge in [-0.25, -0.2) is 0 Å². The van der Waals surface area contributed by atoms with Crippen LogP contribution in [0, 0.1) is 0 Å². The number of ether oxygens (including phenoxy) is 1. The van der Waals surface area contributed by atoms with Gasteiger partial charge in [0.2, 0.25) is 5.85 Å². The molecule has 1 unspecified atom stereocenters. The van der Waals surface area contributed by atoms with Crippen LogP contribution in [0.5, 0.6) is 0 Å². The first kappa shape index (κ1) is 6.81. The predicted octanol–water partition coefficient (Wildman–Crippen LogP) is 0.424. The van der Waals surface area contributed by atoms with E-state index in [-0.39, 0.29) is 0 Å². The highest BCUT2D eigenvalue weighted by atomic mass is 31.2. The van der Waals surface area contributed by atoms with Crippen molar-refractivity contribution in [3.05, 3.63) is 12.3 Å². The van der Waals surface area contributed by atoms with E-state index in [2.05, 4.69) is 4.74 Å². The largest absolute Gasteiger partial charge is 0.485 e. The van der Waals surface area contributed by atoms with Crippen LogP contribution in [0.2, 0.25) is 0 Å². The van der Waals surface area contributed by atoms with Crippen molar-refractivity contribution in [2.24, 2.45) is 0 Å². The Hall–Kier alpha value is -0.310. The Morgan fingerprint density at radius 3 is 2.56 bits per heavy atom. The first-order valence-electron chi connectivity index (χ1n) is 2.46. The fourth-order valence-corrected chi connectivity index (χ4v) is 1.22. The third-order valence-electron chi connectivity index (χ3n) is 1.04. The smallest absolute Gasteiger partial charge is 0.365 e. The van der Waals surface area contributed by atoms with E-state index in [9.17, 15) is 4.57 Å².